The van der Waals surface area contributed by atoms with Crippen LogP contribution < -0.4 is 16.2 Å². The van der Waals surface area contributed by atoms with E-state index in [4.69, 9.17) is 10.8 Å². The molecule has 2 aliphatic rings. The van der Waals surface area contributed by atoms with E-state index in [0.29, 0.717) is 6.04 Å². The lowest BCUT2D eigenvalue weighted by Gasteiger charge is -2.39. The third-order valence-corrected chi connectivity index (χ3v) is 4.88. The van der Waals surface area contributed by atoms with Crippen LogP contribution in [0.3, 0.4) is 0 Å². The molecule has 1 aromatic heterocycles. The topological polar surface area (TPSA) is 67.1 Å². The molecule has 1 saturated carbocycles. The van der Waals surface area contributed by atoms with Gasteiger partial charge in [0.15, 0.2) is 0 Å². The second-order valence-corrected chi connectivity index (χ2v) is 6.03. The van der Waals surface area contributed by atoms with Crippen molar-refractivity contribution in [2.75, 3.05) is 16.9 Å². The number of anilines is 2. The Morgan fingerprint density at radius 2 is 2.05 bits per heavy atom. The number of fused-ring (bicyclic) bond motifs is 1. The van der Waals surface area contributed by atoms with Crippen molar-refractivity contribution in [3.8, 4) is 0 Å². The average Bonchev–Trinajstić information content (AvgIpc) is 2.96. The Hall–Kier alpha value is -1.36. The van der Waals surface area contributed by atoms with Gasteiger partial charge in [-0.3, -0.25) is 0 Å². The van der Waals surface area contributed by atoms with Crippen molar-refractivity contribution in [3.05, 3.63) is 11.4 Å². The van der Waals surface area contributed by atoms with Crippen LogP contribution in [-0.4, -0.2) is 22.6 Å². The number of nitrogens with two attached hydrogens (primary N) is 1. The summed E-state index contributed by atoms with van der Waals surface area (Å²) in [7, 11) is 0. The number of nitrogens with zero attached hydrogens (tertiary/aromatic N) is 3. The molecule has 1 aromatic rings. The maximum absolute atomic E-state index is 5.62. The summed E-state index contributed by atoms with van der Waals surface area (Å²) in [6, 6.07) is 0.674. The van der Waals surface area contributed by atoms with Crippen molar-refractivity contribution in [2.45, 2.75) is 58.4 Å². The maximum Gasteiger partial charge on any atom is 0.148 e. The number of piperidine rings is 1. The van der Waals surface area contributed by atoms with Gasteiger partial charge in [-0.2, -0.15) is 0 Å². The lowest BCUT2D eigenvalue weighted by Crippen LogP contribution is -2.43. The second kappa shape index (κ2) is 5.56. The van der Waals surface area contributed by atoms with Crippen LogP contribution in [-0.2, 0) is 6.42 Å². The summed E-state index contributed by atoms with van der Waals surface area (Å²) in [4.78, 5) is 11.8. The minimum Gasteiger partial charge on any atom is -0.353 e. The van der Waals surface area contributed by atoms with E-state index in [1.54, 1.807) is 0 Å². The van der Waals surface area contributed by atoms with Crippen molar-refractivity contribution in [2.24, 2.45) is 11.8 Å². The minimum atomic E-state index is 0.674. The zero-order chi connectivity index (χ0) is 14.1. The highest BCUT2D eigenvalue weighted by molar-refractivity contribution is 5.59. The normalized spacial score (nSPS) is 25.6. The molecular weight excluding hydrogens is 250 g/mol. The van der Waals surface area contributed by atoms with E-state index >= 15 is 0 Å². The Morgan fingerprint density at radius 1 is 1.25 bits per heavy atom. The largest absolute Gasteiger partial charge is 0.353 e. The fraction of sp³-hybridized carbons (Fsp3) is 0.733. The first-order valence-electron chi connectivity index (χ1n) is 7.85. The van der Waals surface area contributed by atoms with Gasteiger partial charge in [-0.15, -0.1) is 0 Å². The van der Waals surface area contributed by atoms with Crippen LogP contribution in [0.4, 0.5) is 11.6 Å². The number of rotatable bonds is 3. The fourth-order valence-electron chi connectivity index (χ4n) is 3.85. The number of aryl methyl sites for hydroxylation is 1. The summed E-state index contributed by atoms with van der Waals surface area (Å²) < 4.78 is 0. The lowest BCUT2D eigenvalue weighted by molar-refractivity contribution is 0.360. The van der Waals surface area contributed by atoms with Gasteiger partial charge in [-0.05, 0) is 38.5 Å². The molecular formula is C15H25N5. The van der Waals surface area contributed by atoms with Crippen LogP contribution >= 0.6 is 0 Å². The Labute approximate surface area is 120 Å². The van der Waals surface area contributed by atoms with E-state index in [1.165, 1.54) is 32.1 Å². The predicted molar refractivity (Wildman–Crippen MR) is 81.7 cm³/mol. The van der Waals surface area contributed by atoms with Gasteiger partial charge in [-0.25, -0.2) is 15.8 Å². The SMILES string of the molecule is CCc1nc(NN)c(C)c(N2CCCC3CCCC32)n1. The molecule has 2 heterocycles. The van der Waals surface area contributed by atoms with Gasteiger partial charge in [-0.1, -0.05) is 13.3 Å². The molecule has 2 fully saturated rings. The zero-order valence-electron chi connectivity index (χ0n) is 12.5. The third kappa shape index (κ3) is 2.24. The first kappa shape index (κ1) is 13.6. The smallest absolute Gasteiger partial charge is 0.148 e. The van der Waals surface area contributed by atoms with Gasteiger partial charge in [0, 0.05) is 24.6 Å². The Kier molecular flexibility index (Phi) is 3.78. The van der Waals surface area contributed by atoms with Crippen molar-refractivity contribution in [3.63, 3.8) is 0 Å². The molecule has 5 nitrogen and oxygen atoms in total. The first-order valence-corrected chi connectivity index (χ1v) is 7.85. The predicted octanol–water partition coefficient (Wildman–Crippen LogP) is 2.40. The van der Waals surface area contributed by atoms with Crippen molar-refractivity contribution < 1.29 is 0 Å². The first-order chi connectivity index (χ1) is 9.74. The maximum atomic E-state index is 5.62. The Balaban J connectivity index is 1.99. The Morgan fingerprint density at radius 3 is 2.80 bits per heavy atom. The molecule has 1 saturated heterocycles. The summed E-state index contributed by atoms with van der Waals surface area (Å²) in [5.74, 6) is 9.22. The molecule has 0 amide bonds. The van der Waals surface area contributed by atoms with Crippen LogP contribution in [0.1, 0.15) is 50.4 Å². The van der Waals surface area contributed by atoms with Gasteiger partial charge in [0.2, 0.25) is 0 Å². The molecule has 0 aromatic carbocycles. The fourth-order valence-corrected chi connectivity index (χ4v) is 3.85. The van der Waals surface area contributed by atoms with E-state index in [2.05, 4.69) is 29.2 Å². The van der Waals surface area contributed by atoms with Crippen LogP contribution in [0.25, 0.3) is 0 Å². The summed E-state index contributed by atoms with van der Waals surface area (Å²) >= 11 is 0. The Bertz CT molecular complexity index is 487. The molecule has 0 radical (unpaired) electrons. The highest BCUT2D eigenvalue weighted by atomic mass is 15.3. The van der Waals surface area contributed by atoms with Crippen LogP contribution in [0.5, 0.6) is 0 Å². The standard InChI is InChI=1S/C15H25N5/c1-3-13-17-14(19-16)10(2)15(18-13)20-9-5-7-11-6-4-8-12(11)20/h11-12H,3-9,16H2,1-2H3,(H,17,18,19). The molecule has 1 aliphatic heterocycles. The monoisotopic (exact) mass is 275 g/mol. The molecule has 1 aliphatic carbocycles. The van der Waals surface area contributed by atoms with Crippen molar-refractivity contribution >= 4 is 11.6 Å². The third-order valence-electron chi connectivity index (χ3n) is 4.88. The second-order valence-electron chi connectivity index (χ2n) is 6.03. The highest BCUT2D eigenvalue weighted by Gasteiger charge is 2.36. The van der Waals surface area contributed by atoms with Crippen LogP contribution in [0, 0.1) is 12.8 Å². The number of hydrogen-bond donors (Lipinski definition) is 2. The van der Waals surface area contributed by atoms with Crippen LogP contribution in [0.2, 0.25) is 0 Å². The quantitative estimate of drug-likeness (QED) is 0.655. The summed E-state index contributed by atoms with van der Waals surface area (Å²) in [6.45, 7) is 5.28. The molecule has 5 heteroatoms. The highest BCUT2D eigenvalue weighted by Crippen LogP contribution is 2.40. The van der Waals surface area contributed by atoms with Crippen molar-refractivity contribution in [1.82, 2.24) is 9.97 Å². The number of hydrogen-bond acceptors (Lipinski definition) is 5. The van der Waals surface area contributed by atoms with E-state index in [-0.39, 0.29) is 0 Å². The number of nitrogens with one attached hydrogen (secondary N) is 1. The summed E-state index contributed by atoms with van der Waals surface area (Å²) in [5.41, 5.74) is 3.81. The molecule has 0 spiro atoms. The molecule has 110 valence electrons. The molecule has 2 atom stereocenters. The summed E-state index contributed by atoms with van der Waals surface area (Å²) in [6.07, 6.45) is 7.54. The average molecular weight is 275 g/mol. The minimum absolute atomic E-state index is 0.674. The van der Waals surface area contributed by atoms with Crippen LogP contribution in [0.15, 0.2) is 0 Å². The van der Waals surface area contributed by atoms with E-state index in [1.807, 2.05) is 0 Å². The molecule has 0 bridgehead atoms. The van der Waals surface area contributed by atoms with E-state index < -0.39 is 0 Å². The lowest BCUT2D eigenvalue weighted by atomic mass is 9.91. The molecule has 20 heavy (non-hydrogen) atoms. The van der Waals surface area contributed by atoms with E-state index in [9.17, 15) is 0 Å². The van der Waals surface area contributed by atoms with Gasteiger partial charge in [0.1, 0.15) is 17.5 Å². The van der Waals surface area contributed by atoms with E-state index in [0.717, 1.165) is 41.9 Å². The number of aromatic nitrogens is 2. The molecule has 3 rings (SSSR count). The number of hydrazine groups is 1. The van der Waals surface area contributed by atoms with Gasteiger partial charge in [0.05, 0.1) is 0 Å². The number of nitrogen functional groups attached to an aromatic ring is 1. The zero-order valence-corrected chi connectivity index (χ0v) is 12.5. The molecule has 3 N–H and O–H groups in total. The summed E-state index contributed by atoms with van der Waals surface area (Å²) in [5, 5.41) is 0. The van der Waals surface area contributed by atoms with Gasteiger partial charge < -0.3 is 10.3 Å². The van der Waals surface area contributed by atoms with Crippen molar-refractivity contribution in [1.29, 1.82) is 0 Å². The van der Waals surface area contributed by atoms with Gasteiger partial charge in [0.25, 0.3) is 0 Å². The molecule has 2 unspecified atom stereocenters. The van der Waals surface area contributed by atoms with Gasteiger partial charge >= 0.3 is 0 Å².